The first kappa shape index (κ1) is 13.1. The lowest BCUT2D eigenvalue weighted by molar-refractivity contribution is 0.317. The highest BCUT2D eigenvalue weighted by atomic mass is 19.1. The van der Waals surface area contributed by atoms with Gasteiger partial charge in [0.15, 0.2) is 0 Å². The van der Waals surface area contributed by atoms with E-state index in [-0.39, 0.29) is 5.82 Å². The van der Waals surface area contributed by atoms with E-state index in [1.807, 2.05) is 6.92 Å². The molecule has 0 bridgehead atoms. The normalized spacial score (nSPS) is 14.6. The number of halogens is 1. The quantitative estimate of drug-likeness (QED) is 0.748. The predicted molar refractivity (Wildman–Crippen MR) is 71.2 cm³/mol. The van der Waals surface area contributed by atoms with Gasteiger partial charge in [0.05, 0.1) is 6.61 Å². The van der Waals surface area contributed by atoms with Crippen molar-refractivity contribution in [2.45, 2.75) is 38.8 Å². The second-order valence-electron chi connectivity index (χ2n) is 4.96. The molecule has 1 aromatic carbocycles. The molecule has 1 aliphatic carbocycles. The van der Waals surface area contributed by atoms with E-state index in [0.29, 0.717) is 19.2 Å². The topological polar surface area (TPSA) is 21.3 Å². The van der Waals surface area contributed by atoms with Crippen molar-refractivity contribution in [3.63, 3.8) is 0 Å². The Labute approximate surface area is 108 Å². The molecule has 1 aromatic rings. The molecule has 1 aliphatic rings. The standard InChI is InChI=1S/C15H20FNO/c1-11(2)7-8-18-15-6-3-13(16)9-12(15)10-17-14-4-5-14/h3,6,9,14,17H,1,4-5,7-8,10H2,2H3. The summed E-state index contributed by atoms with van der Waals surface area (Å²) in [6.45, 7) is 7.08. The molecule has 0 heterocycles. The van der Waals surface area contributed by atoms with Gasteiger partial charge < -0.3 is 10.1 Å². The van der Waals surface area contributed by atoms with Gasteiger partial charge in [0.2, 0.25) is 0 Å². The van der Waals surface area contributed by atoms with Crippen LogP contribution in [0, 0.1) is 5.82 Å². The maximum absolute atomic E-state index is 13.2. The Hall–Kier alpha value is -1.35. The molecule has 98 valence electrons. The van der Waals surface area contributed by atoms with Gasteiger partial charge in [0.25, 0.3) is 0 Å². The predicted octanol–water partition coefficient (Wildman–Crippen LogP) is 3.42. The Balaban J connectivity index is 1.94. The van der Waals surface area contributed by atoms with Crippen molar-refractivity contribution in [1.29, 1.82) is 0 Å². The van der Waals surface area contributed by atoms with Crippen LogP contribution < -0.4 is 10.1 Å². The molecule has 1 N–H and O–H groups in total. The molecule has 0 radical (unpaired) electrons. The van der Waals surface area contributed by atoms with E-state index in [1.54, 1.807) is 12.1 Å². The van der Waals surface area contributed by atoms with Crippen molar-refractivity contribution in [3.8, 4) is 5.75 Å². The van der Waals surface area contributed by atoms with Crippen LogP contribution in [-0.2, 0) is 6.54 Å². The van der Waals surface area contributed by atoms with Crippen molar-refractivity contribution in [2.75, 3.05) is 6.61 Å². The summed E-state index contributed by atoms with van der Waals surface area (Å²) >= 11 is 0. The summed E-state index contributed by atoms with van der Waals surface area (Å²) in [5, 5.41) is 3.38. The third-order valence-corrected chi connectivity index (χ3v) is 2.97. The minimum Gasteiger partial charge on any atom is -0.493 e. The second kappa shape index (κ2) is 6.01. The fourth-order valence-electron chi connectivity index (χ4n) is 1.70. The molecule has 2 nitrogen and oxygen atoms in total. The van der Waals surface area contributed by atoms with Gasteiger partial charge in [-0.3, -0.25) is 0 Å². The molecule has 0 unspecified atom stereocenters. The fourth-order valence-corrected chi connectivity index (χ4v) is 1.70. The molecule has 0 spiro atoms. The highest BCUT2D eigenvalue weighted by molar-refractivity contribution is 5.34. The van der Waals surface area contributed by atoms with E-state index in [1.165, 1.54) is 18.9 Å². The first-order valence-electron chi connectivity index (χ1n) is 6.44. The van der Waals surface area contributed by atoms with E-state index in [0.717, 1.165) is 23.3 Å². The van der Waals surface area contributed by atoms with Gasteiger partial charge in [-0.05, 0) is 38.0 Å². The van der Waals surface area contributed by atoms with Crippen molar-refractivity contribution < 1.29 is 9.13 Å². The zero-order chi connectivity index (χ0) is 13.0. The van der Waals surface area contributed by atoms with Crippen LogP contribution >= 0.6 is 0 Å². The summed E-state index contributed by atoms with van der Waals surface area (Å²) in [5.74, 6) is 0.556. The van der Waals surface area contributed by atoms with Gasteiger partial charge >= 0.3 is 0 Å². The number of nitrogens with one attached hydrogen (secondary N) is 1. The summed E-state index contributed by atoms with van der Waals surface area (Å²) in [4.78, 5) is 0. The van der Waals surface area contributed by atoms with Crippen LogP contribution in [0.25, 0.3) is 0 Å². The lowest BCUT2D eigenvalue weighted by atomic mass is 10.2. The summed E-state index contributed by atoms with van der Waals surface area (Å²) in [6.07, 6.45) is 3.27. The molecule has 1 saturated carbocycles. The van der Waals surface area contributed by atoms with Crippen LogP contribution in [0.2, 0.25) is 0 Å². The third-order valence-electron chi connectivity index (χ3n) is 2.97. The average molecular weight is 249 g/mol. The number of benzene rings is 1. The average Bonchev–Trinajstić information content (AvgIpc) is 3.12. The zero-order valence-electron chi connectivity index (χ0n) is 10.8. The largest absolute Gasteiger partial charge is 0.493 e. The number of ether oxygens (including phenoxy) is 1. The lowest BCUT2D eigenvalue weighted by Crippen LogP contribution is -2.16. The van der Waals surface area contributed by atoms with Crippen molar-refractivity contribution in [3.05, 3.63) is 41.7 Å². The van der Waals surface area contributed by atoms with E-state index in [9.17, 15) is 4.39 Å². The van der Waals surface area contributed by atoms with Crippen molar-refractivity contribution in [2.24, 2.45) is 0 Å². The Bertz CT molecular complexity index is 427. The number of rotatable bonds is 7. The van der Waals surface area contributed by atoms with E-state index >= 15 is 0 Å². The van der Waals surface area contributed by atoms with Gasteiger partial charge in [0, 0.05) is 24.6 Å². The molecule has 0 aliphatic heterocycles. The molecule has 0 aromatic heterocycles. The fraction of sp³-hybridized carbons (Fsp3) is 0.467. The first-order chi connectivity index (χ1) is 8.65. The lowest BCUT2D eigenvalue weighted by Gasteiger charge is -2.12. The minimum atomic E-state index is -0.213. The Morgan fingerprint density at radius 2 is 2.28 bits per heavy atom. The van der Waals surface area contributed by atoms with Crippen LogP contribution in [0.5, 0.6) is 5.75 Å². The molecule has 0 saturated heterocycles. The van der Waals surface area contributed by atoms with E-state index < -0.39 is 0 Å². The van der Waals surface area contributed by atoms with Crippen LogP contribution in [0.3, 0.4) is 0 Å². The Kier molecular flexibility index (Phi) is 4.37. The highest BCUT2D eigenvalue weighted by Crippen LogP contribution is 2.23. The maximum Gasteiger partial charge on any atom is 0.123 e. The van der Waals surface area contributed by atoms with Gasteiger partial charge in [0.1, 0.15) is 11.6 Å². The molecule has 18 heavy (non-hydrogen) atoms. The molecule has 0 amide bonds. The molecular formula is C15H20FNO. The minimum absolute atomic E-state index is 0.213. The van der Waals surface area contributed by atoms with Gasteiger partial charge in [-0.2, -0.15) is 0 Å². The number of hydrogen-bond donors (Lipinski definition) is 1. The SMILES string of the molecule is C=C(C)CCOc1ccc(F)cc1CNC1CC1. The van der Waals surface area contributed by atoms with Gasteiger partial charge in [-0.15, -0.1) is 6.58 Å². The van der Waals surface area contributed by atoms with E-state index in [2.05, 4.69) is 11.9 Å². The first-order valence-corrected chi connectivity index (χ1v) is 6.44. The molecule has 0 atom stereocenters. The Morgan fingerprint density at radius 3 is 2.94 bits per heavy atom. The van der Waals surface area contributed by atoms with Crippen LogP contribution in [0.4, 0.5) is 4.39 Å². The number of hydrogen-bond acceptors (Lipinski definition) is 2. The maximum atomic E-state index is 13.2. The van der Waals surface area contributed by atoms with Crippen LogP contribution in [0.1, 0.15) is 31.7 Å². The monoisotopic (exact) mass is 249 g/mol. The van der Waals surface area contributed by atoms with Crippen LogP contribution in [0.15, 0.2) is 30.4 Å². The third kappa shape index (κ3) is 4.15. The summed E-state index contributed by atoms with van der Waals surface area (Å²) in [6, 6.07) is 5.30. The molecule has 2 rings (SSSR count). The summed E-state index contributed by atoms with van der Waals surface area (Å²) in [5.41, 5.74) is 1.98. The van der Waals surface area contributed by atoms with Crippen LogP contribution in [-0.4, -0.2) is 12.6 Å². The molecule has 3 heteroatoms. The van der Waals surface area contributed by atoms with Crippen molar-refractivity contribution in [1.82, 2.24) is 5.32 Å². The van der Waals surface area contributed by atoms with Crippen molar-refractivity contribution >= 4 is 0 Å². The van der Waals surface area contributed by atoms with Gasteiger partial charge in [-0.25, -0.2) is 4.39 Å². The van der Waals surface area contributed by atoms with E-state index in [4.69, 9.17) is 4.74 Å². The van der Waals surface area contributed by atoms with Gasteiger partial charge in [-0.1, -0.05) is 5.57 Å². The molecule has 1 fully saturated rings. The summed E-state index contributed by atoms with van der Waals surface area (Å²) in [7, 11) is 0. The Morgan fingerprint density at radius 1 is 1.50 bits per heavy atom. The zero-order valence-corrected chi connectivity index (χ0v) is 10.8. The molecular weight excluding hydrogens is 229 g/mol. The smallest absolute Gasteiger partial charge is 0.123 e. The highest BCUT2D eigenvalue weighted by Gasteiger charge is 2.20. The second-order valence-corrected chi connectivity index (χ2v) is 4.96. The summed E-state index contributed by atoms with van der Waals surface area (Å²) < 4.78 is 18.9.